The SMILES string of the molecule is CC12C(=O)C(C)(C(c3ccccc3)=C1c1ccccc1)C1(Br)C(=O)N(c3ccc(O)c([N+](=O)[O-])c3)C(=O)C21. The fourth-order valence-corrected chi connectivity index (χ4v) is 8.05. The summed E-state index contributed by atoms with van der Waals surface area (Å²) in [6.45, 7) is 3.42. The van der Waals surface area contributed by atoms with E-state index in [1.54, 1.807) is 13.8 Å². The summed E-state index contributed by atoms with van der Waals surface area (Å²) in [6.07, 6.45) is 0. The van der Waals surface area contributed by atoms with Crippen LogP contribution in [0.5, 0.6) is 5.75 Å². The maximum absolute atomic E-state index is 14.4. The number of fused-ring (bicyclic) bond motifs is 5. The van der Waals surface area contributed by atoms with Crippen LogP contribution in [0.25, 0.3) is 11.1 Å². The number of phenols is 1. The lowest BCUT2D eigenvalue weighted by Crippen LogP contribution is -2.50. The van der Waals surface area contributed by atoms with Gasteiger partial charge in [-0.3, -0.25) is 24.5 Å². The molecule has 0 spiro atoms. The number of carbonyl (C=O) groups excluding carboxylic acids is 3. The van der Waals surface area contributed by atoms with Crippen LogP contribution in [-0.2, 0) is 14.4 Å². The van der Waals surface area contributed by atoms with Crippen LogP contribution >= 0.6 is 15.9 Å². The van der Waals surface area contributed by atoms with E-state index >= 15 is 0 Å². The van der Waals surface area contributed by atoms with Crippen molar-refractivity contribution in [1.29, 1.82) is 0 Å². The van der Waals surface area contributed by atoms with Crippen LogP contribution in [0.1, 0.15) is 25.0 Å². The van der Waals surface area contributed by atoms with Crippen LogP contribution in [0.15, 0.2) is 78.9 Å². The second kappa shape index (κ2) is 7.70. The number of ketones is 1. The van der Waals surface area contributed by atoms with Gasteiger partial charge < -0.3 is 5.11 Å². The van der Waals surface area contributed by atoms with Crippen LogP contribution in [0.3, 0.4) is 0 Å². The number of imide groups is 1. The minimum atomic E-state index is -1.63. The van der Waals surface area contributed by atoms with Gasteiger partial charge in [-0.05, 0) is 48.3 Å². The first kappa shape index (κ1) is 24.2. The molecular weight excluding hydrogens is 552 g/mol. The van der Waals surface area contributed by atoms with E-state index in [0.717, 1.165) is 28.2 Å². The fraction of sp³-hybridized carbons (Fsp3) is 0.207. The molecule has 3 aliphatic rings. The van der Waals surface area contributed by atoms with E-state index in [0.29, 0.717) is 11.1 Å². The molecule has 2 fully saturated rings. The molecule has 1 aliphatic heterocycles. The summed E-state index contributed by atoms with van der Waals surface area (Å²) in [6, 6.07) is 22.1. The highest BCUT2D eigenvalue weighted by Gasteiger charge is 2.85. The molecule has 1 heterocycles. The lowest BCUT2D eigenvalue weighted by atomic mass is 9.63. The zero-order chi connectivity index (χ0) is 27.2. The Bertz CT molecular complexity index is 1620. The first-order valence-electron chi connectivity index (χ1n) is 12.0. The van der Waals surface area contributed by atoms with E-state index in [1.165, 1.54) is 6.07 Å². The predicted octanol–water partition coefficient (Wildman–Crippen LogP) is 5.14. The quantitative estimate of drug-likeness (QED) is 0.200. The summed E-state index contributed by atoms with van der Waals surface area (Å²) in [5.74, 6) is -3.22. The summed E-state index contributed by atoms with van der Waals surface area (Å²) in [5, 5.41) is 21.4. The molecule has 9 heteroatoms. The van der Waals surface area contributed by atoms with E-state index in [-0.39, 0.29) is 11.5 Å². The summed E-state index contributed by atoms with van der Waals surface area (Å²) >= 11 is 3.65. The lowest BCUT2D eigenvalue weighted by molar-refractivity contribution is -0.385. The third kappa shape index (κ3) is 2.61. The number of hydrogen-bond donors (Lipinski definition) is 1. The van der Waals surface area contributed by atoms with Gasteiger partial charge in [0.05, 0.1) is 27.4 Å². The normalized spacial score (nSPS) is 29.8. The van der Waals surface area contributed by atoms with Gasteiger partial charge in [0.2, 0.25) is 5.91 Å². The monoisotopic (exact) mass is 572 g/mol. The summed E-state index contributed by atoms with van der Waals surface area (Å²) in [4.78, 5) is 54.4. The van der Waals surface area contributed by atoms with Gasteiger partial charge >= 0.3 is 5.69 Å². The number of alkyl halides is 1. The molecule has 38 heavy (non-hydrogen) atoms. The van der Waals surface area contributed by atoms with Crippen LogP contribution in [0, 0.1) is 26.9 Å². The smallest absolute Gasteiger partial charge is 0.312 e. The molecule has 1 saturated heterocycles. The maximum Gasteiger partial charge on any atom is 0.312 e. The summed E-state index contributed by atoms with van der Waals surface area (Å²) in [7, 11) is 0. The molecule has 4 atom stereocenters. The van der Waals surface area contributed by atoms with E-state index in [1.807, 2.05) is 60.7 Å². The van der Waals surface area contributed by atoms with Gasteiger partial charge in [-0.25, -0.2) is 4.90 Å². The molecular formula is C29H21BrN2O6. The highest BCUT2D eigenvalue weighted by atomic mass is 79.9. The molecule has 3 aromatic carbocycles. The molecule has 1 N–H and O–H groups in total. The topological polar surface area (TPSA) is 118 Å². The number of aromatic hydroxyl groups is 1. The van der Waals surface area contributed by atoms with Crippen molar-refractivity contribution in [1.82, 2.24) is 0 Å². The minimum absolute atomic E-state index is 0.0423. The van der Waals surface area contributed by atoms with Crippen LogP contribution in [0.2, 0.25) is 0 Å². The molecule has 8 nitrogen and oxygen atoms in total. The number of carbonyl (C=O) groups is 3. The Kier molecular flexibility index (Phi) is 4.91. The zero-order valence-corrected chi connectivity index (χ0v) is 21.9. The Balaban J connectivity index is 1.63. The minimum Gasteiger partial charge on any atom is -0.502 e. The zero-order valence-electron chi connectivity index (χ0n) is 20.3. The molecule has 190 valence electrons. The number of allylic oxidation sites excluding steroid dienone is 2. The summed E-state index contributed by atoms with van der Waals surface area (Å²) in [5.41, 5.74) is -0.561. The van der Waals surface area contributed by atoms with Crippen molar-refractivity contribution in [2.75, 3.05) is 4.90 Å². The number of anilines is 1. The van der Waals surface area contributed by atoms with E-state index in [2.05, 4.69) is 15.9 Å². The Morgan fingerprint density at radius 3 is 2.00 bits per heavy atom. The van der Waals surface area contributed by atoms with Gasteiger partial charge in [0.25, 0.3) is 5.91 Å². The van der Waals surface area contributed by atoms with Crippen molar-refractivity contribution < 1.29 is 24.4 Å². The van der Waals surface area contributed by atoms with Crippen LogP contribution < -0.4 is 4.90 Å². The highest BCUT2D eigenvalue weighted by molar-refractivity contribution is 9.10. The number of hydrogen-bond acceptors (Lipinski definition) is 6. The largest absolute Gasteiger partial charge is 0.502 e. The molecule has 0 aromatic heterocycles. The maximum atomic E-state index is 14.4. The Labute approximate surface area is 225 Å². The molecule has 3 aromatic rings. The number of amides is 2. The molecule has 6 rings (SSSR count). The van der Waals surface area contributed by atoms with Gasteiger partial charge in [0.1, 0.15) is 4.32 Å². The van der Waals surface area contributed by atoms with Crippen molar-refractivity contribution in [2.24, 2.45) is 16.7 Å². The lowest BCUT2D eigenvalue weighted by Gasteiger charge is -2.41. The standard InChI is InChI=1S/C29H21BrN2O6/c1-27-21(16-9-5-3-6-10-16)22(17-11-7-4-8-12-17)28(2,25(27)35)29(30)23(27)24(34)31(26(29)36)18-13-14-20(33)19(15-18)32(37)38/h3-15,23,33H,1-2H3. The number of halogens is 1. The third-order valence-corrected chi connectivity index (χ3v) is 10.0. The average molecular weight is 573 g/mol. The fourth-order valence-electron chi connectivity index (χ4n) is 6.84. The van der Waals surface area contributed by atoms with E-state index < -0.39 is 49.2 Å². The van der Waals surface area contributed by atoms with Gasteiger partial charge in [-0.1, -0.05) is 76.6 Å². The van der Waals surface area contributed by atoms with Crippen LogP contribution in [0.4, 0.5) is 11.4 Å². The first-order valence-corrected chi connectivity index (χ1v) is 12.8. The third-order valence-electron chi connectivity index (χ3n) is 8.42. The van der Waals surface area contributed by atoms with Crippen molar-refractivity contribution in [3.05, 3.63) is 100 Å². The Morgan fingerprint density at radius 2 is 1.45 bits per heavy atom. The van der Waals surface area contributed by atoms with Gasteiger partial charge in [0, 0.05) is 6.07 Å². The van der Waals surface area contributed by atoms with E-state index in [9.17, 15) is 29.6 Å². The number of rotatable bonds is 4. The van der Waals surface area contributed by atoms with Crippen LogP contribution in [-0.4, -0.2) is 32.0 Å². The number of nitro benzene ring substituents is 1. The Morgan fingerprint density at radius 1 is 0.895 bits per heavy atom. The predicted molar refractivity (Wildman–Crippen MR) is 143 cm³/mol. The van der Waals surface area contributed by atoms with Crippen molar-refractivity contribution in [3.8, 4) is 5.75 Å². The number of nitro groups is 1. The van der Waals surface area contributed by atoms with Gasteiger partial charge in [-0.2, -0.15) is 0 Å². The average Bonchev–Trinajstić information content (AvgIpc) is 3.29. The first-order chi connectivity index (χ1) is 18.0. The second-order valence-corrected chi connectivity index (χ2v) is 11.4. The number of nitrogens with zero attached hydrogens (tertiary/aromatic N) is 2. The number of phenolic OH excluding ortho intramolecular Hbond substituents is 1. The van der Waals surface area contributed by atoms with Gasteiger partial charge in [0.15, 0.2) is 11.5 Å². The highest BCUT2D eigenvalue weighted by Crippen LogP contribution is 2.77. The molecule has 2 bridgehead atoms. The number of benzene rings is 3. The van der Waals surface area contributed by atoms with Gasteiger partial charge in [-0.15, -0.1) is 0 Å². The number of Topliss-reactive ketones (excluding diaryl/α,β-unsaturated/α-hetero) is 1. The molecule has 2 aliphatic carbocycles. The van der Waals surface area contributed by atoms with Crippen molar-refractivity contribution in [2.45, 2.75) is 18.2 Å². The summed E-state index contributed by atoms with van der Waals surface area (Å²) < 4.78 is -1.63. The van der Waals surface area contributed by atoms with Crippen molar-refractivity contribution >= 4 is 56.0 Å². The molecule has 0 radical (unpaired) electrons. The molecule has 4 unspecified atom stereocenters. The van der Waals surface area contributed by atoms with Crippen molar-refractivity contribution in [3.63, 3.8) is 0 Å². The second-order valence-electron chi connectivity index (χ2n) is 10.2. The molecule has 2 amide bonds. The Hall–Kier alpha value is -4.11. The van der Waals surface area contributed by atoms with E-state index in [4.69, 9.17) is 0 Å². The molecule has 1 saturated carbocycles.